The number of rotatable bonds is 4. The zero-order chi connectivity index (χ0) is 15.2. The van der Waals surface area contributed by atoms with Crippen molar-refractivity contribution in [2.24, 2.45) is 0 Å². The summed E-state index contributed by atoms with van der Waals surface area (Å²) in [6, 6.07) is 6.03. The standard InChI is InChI=1S/C14H19N3O4/c1-15-8-10-4-2-3-5-11(10)16-14(20)17-6-7-21-9-12(17)13(18)19/h2-5,12,15H,6-9H2,1H3,(H,16,20)(H,18,19). The Hall–Kier alpha value is -2.12. The summed E-state index contributed by atoms with van der Waals surface area (Å²) < 4.78 is 5.12. The molecular weight excluding hydrogens is 274 g/mol. The minimum absolute atomic E-state index is 0.0148. The van der Waals surface area contributed by atoms with Crippen LogP contribution >= 0.6 is 0 Å². The molecule has 3 N–H and O–H groups in total. The summed E-state index contributed by atoms with van der Waals surface area (Å²) in [5, 5.41) is 15.0. The van der Waals surface area contributed by atoms with E-state index >= 15 is 0 Å². The minimum atomic E-state index is -1.06. The molecule has 0 aliphatic carbocycles. The Labute approximate surface area is 122 Å². The molecule has 1 saturated heterocycles. The molecule has 0 spiro atoms. The van der Waals surface area contributed by atoms with Crippen LogP contribution in [0.25, 0.3) is 0 Å². The highest BCUT2D eigenvalue weighted by molar-refractivity contribution is 5.93. The van der Waals surface area contributed by atoms with Crippen molar-refractivity contribution in [3.05, 3.63) is 29.8 Å². The first-order valence-corrected chi connectivity index (χ1v) is 6.74. The Morgan fingerprint density at radius 1 is 1.43 bits per heavy atom. The molecule has 1 atom stereocenters. The molecule has 0 saturated carbocycles. The van der Waals surface area contributed by atoms with Gasteiger partial charge in [-0.05, 0) is 18.7 Å². The number of benzene rings is 1. The molecule has 1 unspecified atom stereocenters. The van der Waals surface area contributed by atoms with Crippen LogP contribution in [0.3, 0.4) is 0 Å². The van der Waals surface area contributed by atoms with Crippen molar-refractivity contribution >= 4 is 17.7 Å². The number of hydrogen-bond donors (Lipinski definition) is 3. The maximum atomic E-state index is 12.3. The molecule has 1 aliphatic rings. The first-order chi connectivity index (χ1) is 10.1. The number of morpholine rings is 1. The monoisotopic (exact) mass is 293 g/mol. The lowest BCUT2D eigenvalue weighted by atomic mass is 10.1. The van der Waals surface area contributed by atoms with Gasteiger partial charge in [0.05, 0.1) is 13.2 Å². The fourth-order valence-electron chi connectivity index (χ4n) is 2.23. The average Bonchev–Trinajstić information content (AvgIpc) is 2.49. The normalized spacial score (nSPS) is 18.3. The second kappa shape index (κ2) is 7.05. The van der Waals surface area contributed by atoms with Gasteiger partial charge in [-0.15, -0.1) is 0 Å². The number of anilines is 1. The van der Waals surface area contributed by atoms with Crippen LogP contribution in [-0.2, 0) is 16.1 Å². The zero-order valence-electron chi connectivity index (χ0n) is 11.8. The highest BCUT2D eigenvalue weighted by atomic mass is 16.5. The number of carbonyl (C=O) groups excluding carboxylic acids is 1. The van der Waals surface area contributed by atoms with E-state index in [4.69, 9.17) is 9.84 Å². The van der Waals surface area contributed by atoms with Crippen molar-refractivity contribution in [3.8, 4) is 0 Å². The molecule has 0 radical (unpaired) electrons. The van der Waals surface area contributed by atoms with Crippen LogP contribution in [-0.4, -0.2) is 54.9 Å². The van der Waals surface area contributed by atoms with E-state index in [-0.39, 0.29) is 13.2 Å². The lowest BCUT2D eigenvalue weighted by molar-refractivity contribution is -0.147. The molecule has 2 rings (SSSR count). The molecule has 0 aromatic heterocycles. The fraction of sp³-hybridized carbons (Fsp3) is 0.429. The molecule has 1 aromatic rings. The van der Waals surface area contributed by atoms with E-state index < -0.39 is 18.0 Å². The van der Waals surface area contributed by atoms with Crippen molar-refractivity contribution in [3.63, 3.8) is 0 Å². The topological polar surface area (TPSA) is 90.9 Å². The SMILES string of the molecule is CNCc1ccccc1NC(=O)N1CCOCC1C(=O)O. The first kappa shape index (κ1) is 15.3. The molecule has 7 heteroatoms. The van der Waals surface area contributed by atoms with E-state index in [1.54, 1.807) is 6.07 Å². The van der Waals surface area contributed by atoms with Gasteiger partial charge in [0, 0.05) is 18.8 Å². The van der Waals surface area contributed by atoms with E-state index in [0.717, 1.165) is 5.56 Å². The number of aliphatic carboxylic acids is 1. The summed E-state index contributed by atoms with van der Waals surface area (Å²) in [5.74, 6) is -1.06. The van der Waals surface area contributed by atoms with Crippen molar-refractivity contribution < 1.29 is 19.4 Å². The van der Waals surface area contributed by atoms with Crippen LogP contribution in [0.2, 0.25) is 0 Å². The number of urea groups is 1. The number of ether oxygens (including phenoxy) is 1. The third kappa shape index (κ3) is 3.71. The number of amides is 2. The summed E-state index contributed by atoms with van der Waals surface area (Å²) in [6.45, 7) is 1.23. The Kier molecular flexibility index (Phi) is 5.13. The van der Waals surface area contributed by atoms with Crippen LogP contribution in [0.1, 0.15) is 5.56 Å². The number of hydrogen-bond acceptors (Lipinski definition) is 4. The summed E-state index contributed by atoms with van der Waals surface area (Å²) >= 11 is 0. The van der Waals surface area contributed by atoms with Gasteiger partial charge in [-0.2, -0.15) is 0 Å². The van der Waals surface area contributed by atoms with Gasteiger partial charge in [-0.3, -0.25) is 0 Å². The number of nitrogens with zero attached hydrogens (tertiary/aromatic N) is 1. The predicted molar refractivity (Wildman–Crippen MR) is 77.2 cm³/mol. The van der Waals surface area contributed by atoms with Gasteiger partial charge in [0.15, 0.2) is 6.04 Å². The molecule has 21 heavy (non-hydrogen) atoms. The molecule has 2 amide bonds. The lowest BCUT2D eigenvalue weighted by Crippen LogP contribution is -2.54. The second-order valence-corrected chi connectivity index (χ2v) is 4.74. The van der Waals surface area contributed by atoms with E-state index in [1.807, 2.05) is 25.2 Å². The quantitative estimate of drug-likeness (QED) is 0.761. The zero-order valence-corrected chi connectivity index (χ0v) is 11.8. The van der Waals surface area contributed by atoms with E-state index in [2.05, 4.69) is 10.6 Å². The van der Waals surface area contributed by atoms with Crippen molar-refractivity contribution in [1.29, 1.82) is 0 Å². The van der Waals surface area contributed by atoms with E-state index in [0.29, 0.717) is 18.8 Å². The number of carboxylic acids is 1. The van der Waals surface area contributed by atoms with E-state index in [9.17, 15) is 9.59 Å². The Bertz CT molecular complexity index is 521. The van der Waals surface area contributed by atoms with Gasteiger partial charge in [-0.25, -0.2) is 9.59 Å². The van der Waals surface area contributed by atoms with Crippen LogP contribution in [0.5, 0.6) is 0 Å². The highest BCUT2D eigenvalue weighted by Crippen LogP contribution is 2.17. The van der Waals surface area contributed by atoms with Crippen LogP contribution in [0, 0.1) is 0 Å². The van der Waals surface area contributed by atoms with E-state index in [1.165, 1.54) is 4.90 Å². The Balaban J connectivity index is 2.11. The first-order valence-electron chi connectivity index (χ1n) is 6.74. The molecule has 1 heterocycles. The van der Waals surface area contributed by atoms with Gasteiger partial charge in [0.2, 0.25) is 0 Å². The summed E-state index contributed by atoms with van der Waals surface area (Å²) in [7, 11) is 1.82. The number of nitrogens with one attached hydrogen (secondary N) is 2. The number of carboxylic acid groups (broad SMARTS) is 1. The summed E-state index contributed by atoms with van der Waals surface area (Å²) in [4.78, 5) is 24.8. The van der Waals surface area contributed by atoms with Crippen molar-refractivity contribution in [1.82, 2.24) is 10.2 Å². The largest absolute Gasteiger partial charge is 0.480 e. The maximum Gasteiger partial charge on any atom is 0.328 e. The summed E-state index contributed by atoms with van der Waals surface area (Å²) in [5.41, 5.74) is 1.61. The van der Waals surface area contributed by atoms with Crippen molar-refractivity contribution in [2.45, 2.75) is 12.6 Å². The van der Waals surface area contributed by atoms with Crippen LogP contribution < -0.4 is 10.6 Å². The summed E-state index contributed by atoms with van der Waals surface area (Å²) in [6.07, 6.45) is 0. The molecule has 1 aliphatic heterocycles. The van der Waals surface area contributed by atoms with Crippen LogP contribution in [0.4, 0.5) is 10.5 Å². The Morgan fingerprint density at radius 3 is 2.90 bits per heavy atom. The molecule has 114 valence electrons. The molecule has 7 nitrogen and oxygen atoms in total. The highest BCUT2D eigenvalue weighted by Gasteiger charge is 2.32. The fourth-order valence-corrected chi connectivity index (χ4v) is 2.23. The molecule has 1 fully saturated rings. The molecular formula is C14H19N3O4. The smallest absolute Gasteiger partial charge is 0.328 e. The predicted octanol–water partition coefficient (Wildman–Crippen LogP) is 0.723. The maximum absolute atomic E-state index is 12.3. The number of carbonyl (C=O) groups is 2. The van der Waals surface area contributed by atoms with Gasteiger partial charge in [0.25, 0.3) is 0 Å². The third-order valence-corrected chi connectivity index (χ3v) is 3.30. The minimum Gasteiger partial charge on any atom is -0.480 e. The van der Waals surface area contributed by atoms with Gasteiger partial charge >= 0.3 is 12.0 Å². The van der Waals surface area contributed by atoms with Crippen molar-refractivity contribution in [2.75, 3.05) is 32.1 Å². The number of para-hydroxylation sites is 1. The average molecular weight is 293 g/mol. The molecule has 0 bridgehead atoms. The third-order valence-electron chi connectivity index (χ3n) is 3.30. The van der Waals surface area contributed by atoms with Gasteiger partial charge in [0.1, 0.15) is 0 Å². The second-order valence-electron chi connectivity index (χ2n) is 4.74. The Morgan fingerprint density at radius 2 is 2.19 bits per heavy atom. The van der Waals surface area contributed by atoms with Gasteiger partial charge < -0.3 is 25.4 Å². The van der Waals surface area contributed by atoms with Crippen LogP contribution in [0.15, 0.2) is 24.3 Å². The lowest BCUT2D eigenvalue weighted by Gasteiger charge is -2.33. The molecule has 1 aromatic carbocycles. The van der Waals surface area contributed by atoms with Gasteiger partial charge in [-0.1, -0.05) is 18.2 Å².